The minimum absolute atomic E-state index is 0.0210. The van der Waals surface area contributed by atoms with Crippen molar-refractivity contribution in [2.45, 2.75) is 45.2 Å². The summed E-state index contributed by atoms with van der Waals surface area (Å²) in [6.07, 6.45) is 1.65. The van der Waals surface area contributed by atoms with Gasteiger partial charge in [0, 0.05) is 24.2 Å². The Kier molecular flexibility index (Phi) is 6.02. The molecule has 2 heterocycles. The number of piperidine rings is 1. The lowest BCUT2D eigenvalue weighted by atomic mass is 9.83. The molecule has 0 radical (unpaired) electrons. The number of nitrogens with zero attached hydrogens (tertiary/aromatic N) is 1. The number of benzene rings is 2. The van der Waals surface area contributed by atoms with Crippen LogP contribution >= 0.6 is 0 Å². The number of carbonyl (C=O) groups is 2. The Morgan fingerprint density at radius 2 is 1.94 bits per heavy atom. The minimum Gasteiger partial charge on any atom is -0.497 e. The second kappa shape index (κ2) is 8.88. The van der Waals surface area contributed by atoms with Gasteiger partial charge in [0.05, 0.1) is 19.1 Å². The molecular formula is C24H28N2O5. The van der Waals surface area contributed by atoms with Gasteiger partial charge in [-0.15, -0.1) is 0 Å². The molecule has 0 unspecified atom stereocenters. The number of rotatable bonds is 6. The largest absolute Gasteiger partial charge is 0.497 e. The summed E-state index contributed by atoms with van der Waals surface area (Å²) in [5, 5.41) is 3.10. The second-order valence-electron chi connectivity index (χ2n) is 7.98. The van der Waals surface area contributed by atoms with Gasteiger partial charge in [0.15, 0.2) is 11.5 Å². The topological polar surface area (TPSA) is 77.1 Å². The van der Waals surface area contributed by atoms with E-state index in [1.807, 2.05) is 50.2 Å². The Hall–Kier alpha value is -3.22. The molecule has 2 aromatic carbocycles. The van der Waals surface area contributed by atoms with Crippen molar-refractivity contribution >= 4 is 17.5 Å². The van der Waals surface area contributed by atoms with E-state index in [0.29, 0.717) is 30.0 Å². The molecule has 31 heavy (non-hydrogen) atoms. The van der Waals surface area contributed by atoms with Crippen LogP contribution in [0.5, 0.6) is 17.2 Å². The highest BCUT2D eigenvalue weighted by molar-refractivity contribution is 5.97. The SMILES string of the molecule is CC[C@H](C)NC(=O)[C@H]1CCC(=O)N(c2ccc3c(c2)OCO3)[C@@H]1c1ccc(OC)cc1. The summed E-state index contributed by atoms with van der Waals surface area (Å²) < 4.78 is 16.2. The van der Waals surface area contributed by atoms with Crippen LogP contribution in [0.3, 0.4) is 0 Å². The fraction of sp³-hybridized carbons (Fsp3) is 0.417. The summed E-state index contributed by atoms with van der Waals surface area (Å²) in [5.74, 6) is 1.55. The predicted octanol–water partition coefficient (Wildman–Crippen LogP) is 3.82. The van der Waals surface area contributed by atoms with E-state index in [4.69, 9.17) is 14.2 Å². The fourth-order valence-corrected chi connectivity index (χ4v) is 4.14. The van der Waals surface area contributed by atoms with Crippen LogP contribution in [0.15, 0.2) is 42.5 Å². The highest BCUT2D eigenvalue weighted by atomic mass is 16.7. The van der Waals surface area contributed by atoms with Crippen molar-refractivity contribution in [3.63, 3.8) is 0 Å². The summed E-state index contributed by atoms with van der Waals surface area (Å²) in [5.41, 5.74) is 1.58. The van der Waals surface area contributed by atoms with Crippen molar-refractivity contribution in [1.82, 2.24) is 5.32 Å². The standard InChI is InChI=1S/C24H28N2O5/c1-4-15(2)25-24(28)19-10-12-22(27)26(17-7-11-20-21(13-17)31-14-30-20)23(19)16-5-8-18(29-3)9-6-16/h5-9,11,13,15,19,23H,4,10,12,14H2,1-3H3,(H,25,28)/t15-,19-,23+/m0/s1. The average molecular weight is 424 g/mol. The van der Waals surface area contributed by atoms with Crippen molar-refractivity contribution in [2.24, 2.45) is 5.92 Å². The minimum atomic E-state index is -0.434. The first-order chi connectivity index (χ1) is 15.0. The fourth-order valence-electron chi connectivity index (χ4n) is 4.14. The summed E-state index contributed by atoms with van der Waals surface area (Å²) in [6, 6.07) is 12.7. The highest BCUT2D eigenvalue weighted by Gasteiger charge is 2.42. The van der Waals surface area contributed by atoms with Crippen molar-refractivity contribution in [1.29, 1.82) is 0 Å². The molecule has 2 aliphatic rings. The Morgan fingerprint density at radius 3 is 2.65 bits per heavy atom. The Balaban J connectivity index is 1.75. The maximum Gasteiger partial charge on any atom is 0.231 e. The van der Waals surface area contributed by atoms with Crippen molar-refractivity contribution < 1.29 is 23.8 Å². The van der Waals surface area contributed by atoms with Gasteiger partial charge >= 0.3 is 0 Å². The summed E-state index contributed by atoms with van der Waals surface area (Å²) in [7, 11) is 1.61. The summed E-state index contributed by atoms with van der Waals surface area (Å²) in [6.45, 7) is 4.19. The highest BCUT2D eigenvalue weighted by Crippen LogP contribution is 2.43. The van der Waals surface area contributed by atoms with E-state index in [-0.39, 0.29) is 30.6 Å². The number of nitrogens with one attached hydrogen (secondary N) is 1. The van der Waals surface area contributed by atoms with Crippen LogP contribution in [0, 0.1) is 5.92 Å². The molecule has 3 atom stereocenters. The Bertz CT molecular complexity index is 959. The molecule has 1 fully saturated rings. The van der Waals surface area contributed by atoms with Crippen LogP contribution in [0.25, 0.3) is 0 Å². The van der Waals surface area contributed by atoms with E-state index in [9.17, 15) is 9.59 Å². The molecule has 2 aliphatic heterocycles. The van der Waals surface area contributed by atoms with Gasteiger partial charge in [-0.3, -0.25) is 9.59 Å². The smallest absolute Gasteiger partial charge is 0.231 e. The van der Waals surface area contributed by atoms with E-state index < -0.39 is 6.04 Å². The number of hydrogen-bond donors (Lipinski definition) is 1. The predicted molar refractivity (Wildman–Crippen MR) is 116 cm³/mol. The first-order valence-electron chi connectivity index (χ1n) is 10.7. The maximum absolute atomic E-state index is 13.2. The molecule has 164 valence electrons. The maximum atomic E-state index is 13.2. The van der Waals surface area contributed by atoms with E-state index in [2.05, 4.69) is 5.32 Å². The van der Waals surface area contributed by atoms with Crippen LogP contribution in [0.1, 0.15) is 44.7 Å². The summed E-state index contributed by atoms with van der Waals surface area (Å²) in [4.78, 5) is 28.1. The zero-order valence-corrected chi connectivity index (χ0v) is 18.1. The van der Waals surface area contributed by atoms with Crippen LogP contribution < -0.4 is 24.4 Å². The van der Waals surface area contributed by atoms with Gasteiger partial charge in [0.25, 0.3) is 0 Å². The molecule has 0 aromatic heterocycles. The molecule has 4 rings (SSSR count). The number of fused-ring (bicyclic) bond motifs is 1. The summed E-state index contributed by atoms with van der Waals surface area (Å²) >= 11 is 0. The van der Waals surface area contributed by atoms with Crippen LogP contribution in [-0.2, 0) is 9.59 Å². The van der Waals surface area contributed by atoms with Gasteiger partial charge in [-0.2, -0.15) is 0 Å². The normalized spacial score (nSPS) is 21.0. The number of methoxy groups -OCH3 is 1. The molecule has 0 spiro atoms. The average Bonchev–Trinajstić information content (AvgIpc) is 3.26. The van der Waals surface area contributed by atoms with Gasteiger partial charge in [-0.25, -0.2) is 0 Å². The third-order valence-corrected chi connectivity index (χ3v) is 6.03. The van der Waals surface area contributed by atoms with Gasteiger partial charge in [0.2, 0.25) is 18.6 Å². The van der Waals surface area contributed by atoms with E-state index in [0.717, 1.165) is 17.7 Å². The first kappa shape index (κ1) is 21.0. The third-order valence-electron chi connectivity index (χ3n) is 6.03. The van der Waals surface area contributed by atoms with Crippen molar-refractivity contribution in [2.75, 3.05) is 18.8 Å². The van der Waals surface area contributed by atoms with Crippen LogP contribution in [-0.4, -0.2) is 31.8 Å². The van der Waals surface area contributed by atoms with Crippen molar-refractivity contribution in [3.05, 3.63) is 48.0 Å². The molecular weight excluding hydrogens is 396 g/mol. The lowest BCUT2D eigenvalue weighted by Crippen LogP contribution is -2.49. The number of hydrogen-bond acceptors (Lipinski definition) is 5. The zero-order valence-electron chi connectivity index (χ0n) is 18.1. The molecule has 1 N–H and O–H groups in total. The van der Waals surface area contributed by atoms with Gasteiger partial charge < -0.3 is 24.4 Å². The lowest BCUT2D eigenvalue weighted by Gasteiger charge is -2.41. The van der Waals surface area contributed by atoms with Crippen LogP contribution in [0.2, 0.25) is 0 Å². The third kappa shape index (κ3) is 4.17. The lowest BCUT2D eigenvalue weighted by molar-refractivity contribution is -0.129. The van der Waals surface area contributed by atoms with Crippen molar-refractivity contribution in [3.8, 4) is 17.2 Å². The Labute approximate surface area is 182 Å². The number of amides is 2. The van der Waals surface area contributed by atoms with Gasteiger partial charge in [0.1, 0.15) is 5.75 Å². The zero-order chi connectivity index (χ0) is 22.0. The van der Waals surface area contributed by atoms with E-state index in [1.165, 1.54) is 0 Å². The molecule has 7 heteroatoms. The molecule has 2 amide bonds. The number of carbonyl (C=O) groups excluding carboxylic acids is 2. The number of anilines is 1. The van der Waals surface area contributed by atoms with Crippen LogP contribution in [0.4, 0.5) is 5.69 Å². The second-order valence-corrected chi connectivity index (χ2v) is 7.98. The van der Waals surface area contributed by atoms with Gasteiger partial charge in [-0.1, -0.05) is 19.1 Å². The van der Waals surface area contributed by atoms with E-state index >= 15 is 0 Å². The molecule has 1 saturated heterocycles. The number of ether oxygens (including phenoxy) is 3. The van der Waals surface area contributed by atoms with Gasteiger partial charge in [-0.05, 0) is 49.6 Å². The first-order valence-corrected chi connectivity index (χ1v) is 10.7. The molecule has 0 aliphatic carbocycles. The molecule has 2 aromatic rings. The quantitative estimate of drug-likeness (QED) is 0.763. The monoisotopic (exact) mass is 424 g/mol. The molecule has 0 bridgehead atoms. The Morgan fingerprint density at radius 1 is 1.19 bits per heavy atom. The van der Waals surface area contributed by atoms with E-state index in [1.54, 1.807) is 18.1 Å². The molecule has 0 saturated carbocycles. The molecule has 7 nitrogen and oxygen atoms in total.